The Morgan fingerprint density at radius 2 is 1.74 bits per heavy atom. The molecule has 0 atom stereocenters. The Bertz CT molecular complexity index is 784. The summed E-state index contributed by atoms with van der Waals surface area (Å²) in [6, 6.07) is 11.4. The SMILES string of the molecule is CCOc1cc(B2OC(C)(C)C(C)(C)O2)sc1C(=O)OCc1ccccc1. The summed E-state index contributed by atoms with van der Waals surface area (Å²) in [4.78, 5) is 13.1. The molecule has 27 heavy (non-hydrogen) atoms. The van der Waals surface area contributed by atoms with Crippen molar-refractivity contribution in [2.75, 3.05) is 6.61 Å². The molecule has 1 aliphatic rings. The average molecular weight is 388 g/mol. The maximum atomic E-state index is 12.6. The molecule has 0 radical (unpaired) electrons. The fourth-order valence-corrected chi connectivity index (χ4v) is 3.62. The third-order valence-corrected chi connectivity index (χ3v) is 6.02. The Morgan fingerprint density at radius 3 is 2.33 bits per heavy atom. The normalized spacial score (nSPS) is 17.7. The predicted molar refractivity (Wildman–Crippen MR) is 107 cm³/mol. The Kier molecular flexibility index (Phi) is 5.65. The molecule has 7 heteroatoms. The average Bonchev–Trinajstić information content (AvgIpc) is 3.12. The summed E-state index contributed by atoms with van der Waals surface area (Å²) >= 11 is 1.29. The van der Waals surface area contributed by atoms with Crippen molar-refractivity contribution in [3.8, 4) is 5.75 Å². The van der Waals surface area contributed by atoms with Crippen LogP contribution in [-0.4, -0.2) is 30.9 Å². The van der Waals surface area contributed by atoms with Gasteiger partial charge in [-0.25, -0.2) is 4.79 Å². The molecule has 1 aromatic heterocycles. The number of thiophene rings is 1. The van der Waals surface area contributed by atoms with Crippen LogP contribution in [0, 0.1) is 0 Å². The number of rotatable bonds is 6. The van der Waals surface area contributed by atoms with Gasteiger partial charge in [0.15, 0.2) is 4.88 Å². The summed E-state index contributed by atoms with van der Waals surface area (Å²) in [5.74, 6) is 0.0975. The van der Waals surface area contributed by atoms with Crippen molar-refractivity contribution in [2.45, 2.75) is 52.4 Å². The number of hydrogen-bond acceptors (Lipinski definition) is 6. The molecule has 5 nitrogen and oxygen atoms in total. The van der Waals surface area contributed by atoms with E-state index in [1.54, 1.807) is 0 Å². The Hall–Kier alpha value is -1.83. The topological polar surface area (TPSA) is 54.0 Å². The van der Waals surface area contributed by atoms with E-state index in [4.69, 9.17) is 18.8 Å². The number of hydrogen-bond donors (Lipinski definition) is 0. The number of benzene rings is 1. The van der Waals surface area contributed by atoms with Crippen molar-refractivity contribution >= 4 is 29.2 Å². The van der Waals surface area contributed by atoms with Gasteiger partial charge in [0, 0.05) is 4.78 Å². The molecule has 0 spiro atoms. The van der Waals surface area contributed by atoms with Gasteiger partial charge in [0.2, 0.25) is 0 Å². The van der Waals surface area contributed by atoms with E-state index in [0.717, 1.165) is 10.3 Å². The Balaban J connectivity index is 1.78. The molecule has 1 aliphatic heterocycles. The third-order valence-electron chi connectivity index (χ3n) is 4.90. The molecule has 1 aromatic carbocycles. The lowest BCUT2D eigenvalue weighted by Crippen LogP contribution is -2.41. The maximum absolute atomic E-state index is 12.6. The first-order chi connectivity index (χ1) is 12.7. The van der Waals surface area contributed by atoms with Crippen molar-refractivity contribution in [2.24, 2.45) is 0 Å². The van der Waals surface area contributed by atoms with Crippen LogP contribution in [-0.2, 0) is 20.7 Å². The number of esters is 1. The monoisotopic (exact) mass is 388 g/mol. The molecule has 2 aromatic rings. The zero-order valence-corrected chi connectivity index (χ0v) is 17.2. The van der Waals surface area contributed by atoms with Gasteiger partial charge in [-0.2, -0.15) is 0 Å². The first kappa shape index (κ1) is 19.9. The van der Waals surface area contributed by atoms with Gasteiger partial charge in [0.25, 0.3) is 0 Å². The fourth-order valence-electron chi connectivity index (χ4n) is 2.66. The summed E-state index contributed by atoms with van der Waals surface area (Å²) < 4.78 is 24.1. The molecule has 0 saturated carbocycles. The molecule has 0 N–H and O–H groups in total. The molecule has 3 rings (SSSR count). The molecule has 0 amide bonds. The van der Waals surface area contributed by atoms with E-state index in [1.807, 2.05) is 71.0 Å². The summed E-state index contributed by atoms with van der Waals surface area (Å²) in [6.07, 6.45) is 0. The number of carbonyl (C=O) groups is 1. The van der Waals surface area contributed by atoms with Crippen LogP contribution < -0.4 is 9.51 Å². The maximum Gasteiger partial charge on any atom is 0.505 e. The van der Waals surface area contributed by atoms with Crippen LogP contribution in [0.2, 0.25) is 0 Å². The zero-order chi connectivity index (χ0) is 19.7. The van der Waals surface area contributed by atoms with Gasteiger partial charge in [-0.05, 0) is 46.2 Å². The van der Waals surface area contributed by atoms with Crippen molar-refractivity contribution in [3.05, 3.63) is 46.8 Å². The second kappa shape index (κ2) is 7.66. The van der Waals surface area contributed by atoms with Gasteiger partial charge < -0.3 is 18.8 Å². The van der Waals surface area contributed by atoms with Crippen molar-refractivity contribution < 1.29 is 23.6 Å². The molecule has 144 valence electrons. The summed E-state index contributed by atoms with van der Waals surface area (Å²) in [5.41, 5.74) is 0.0505. The fraction of sp³-hybridized carbons (Fsp3) is 0.450. The van der Waals surface area contributed by atoms with Crippen LogP contribution in [0.1, 0.15) is 49.9 Å². The van der Waals surface area contributed by atoms with E-state index in [9.17, 15) is 4.79 Å². The minimum absolute atomic E-state index is 0.217. The highest BCUT2D eigenvalue weighted by Gasteiger charge is 2.52. The van der Waals surface area contributed by atoms with E-state index in [2.05, 4.69) is 0 Å². The van der Waals surface area contributed by atoms with E-state index in [-0.39, 0.29) is 6.61 Å². The van der Waals surface area contributed by atoms with Crippen molar-refractivity contribution in [1.29, 1.82) is 0 Å². The first-order valence-corrected chi connectivity index (χ1v) is 9.88. The summed E-state index contributed by atoms with van der Waals surface area (Å²) in [6.45, 7) is 10.6. The van der Waals surface area contributed by atoms with E-state index in [1.165, 1.54) is 11.3 Å². The van der Waals surface area contributed by atoms with Crippen molar-refractivity contribution in [3.63, 3.8) is 0 Å². The zero-order valence-electron chi connectivity index (χ0n) is 16.4. The minimum atomic E-state index is -0.533. The van der Waals surface area contributed by atoms with Crippen molar-refractivity contribution in [1.82, 2.24) is 0 Å². The van der Waals surface area contributed by atoms with Gasteiger partial charge in [-0.3, -0.25) is 0 Å². The molecule has 1 saturated heterocycles. The lowest BCUT2D eigenvalue weighted by atomic mass is 9.88. The highest BCUT2D eigenvalue weighted by atomic mass is 32.1. The largest absolute Gasteiger partial charge is 0.505 e. The molecule has 1 fully saturated rings. The number of carbonyl (C=O) groups excluding carboxylic acids is 1. The van der Waals surface area contributed by atoms with Crippen LogP contribution in [0.5, 0.6) is 5.75 Å². The van der Waals surface area contributed by atoms with Gasteiger partial charge in [-0.15, -0.1) is 11.3 Å². The lowest BCUT2D eigenvalue weighted by Gasteiger charge is -2.32. The first-order valence-electron chi connectivity index (χ1n) is 9.06. The molecule has 0 unspecified atom stereocenters. The second-order valence-electron chi connectivity index (χ2n) is 7.43. The molecule has 0 bridgehead atoms. The lowest BCUT2D eigenvalue weighted by molar-refractivity contribution is 0.00578. The standard InChI is InChI=1S/C20H25BO5S/c1-6-23-15-12-16(21-25-19(2,3)20(4,5)26-21)27-17(15)18(22)24-13-14-10-8-7-9-11-14/h7-12H,6,13H2,1-5H3. The van der Waals surface area contributed by atoms with Crippen LogP contribution in [0.25, 0.3) is 0 Å². The van der Waals surface area contributed by atoms with Gasteiger partial charge in [0.05, 0.1) is 17.8 Å². The smallest absolute Gasteiger partial charge is 0.492 e. The Morgan fingerprint density at radius 1 is 1.11 bits per heavy atom. The van der Waals surface area contributed by atoms with Crippen LogP contribution in [0.15, 0.2) is 36.4 Å². The summed E-state index contributed by atoms with van der Waals surface area (Å²) in [5, 5.41) is 0. The van der Waals surface area contributed by atoms with E-state index >= 15 is 0 Å². The highest BCUT2D eigenvalue weighted by molar-refractivity contribution is 7.24. The van der Waals surface area contributed by atoms with Crippen LogP contribution in [0.3, 0.4) is 0 Å². The van der Waals surface area contributed by atoms with Gasteiger partial charge in [-0.1, -0.05) is 30.3 Å². The summed E-state index contributed by atoms with van der Waals surface area (Å²) in [7, 11) is -0.533. The second-order valence-corrected chi connectivity index (χ2v) is 8.51. The highest BCUT2D eigenvalue weighted by Crippen LogP contribution is 2.38. The van der Waals surface area contributed by atoms with Crippen LogP contribution >= 0.6 is 11.3 Å². The van der Waals surface area contributed by atoms with Gasteiger partial charge >= 0.3 is 13.1 Å². The van der Waals surface area contributed by atoms with E-state index < -0.39 is 24.3 Å². The molecular formula is C20H25BO5S. The number of ether oxygens (including phenoxy) is 2. The molecule has 0 aliphatic carbocycles. The van der Waals surface area contributed by atoms with Crippen LogP contribution in [0.4, 0.5) is 0 Å². The predicted octanol–water partition coefficient (Wildman–Crippen LogP) is 3.80. The van der Waals surface area contributed by atoms with E-state index in [0.29, 0.717) is 17.2 Å². The third kappa shape index (κ3) is 4.20. The Labute approximate surface area is 164 Å². The quantitative estimate of drug-likeness (QED) is 0.557. The minimum Gasteiger partial charge on any atom is -0.492 e. The molecular weight excluding hydrogens is 363 g/mol. The molecule has 2 heterocycles. The van der Waals surface area contributed by atoms with Gasteiger partial charge in [0.1, 0.15) is 12.4 Å².